The maximum absolute atomic E-state index is 14.5. The maximum atomic E-state index is 14.5. The van der Waals surface area contributed by atoms with Gasteiger partial charge >= 0.3 is 6.09 Å². The third-order valence-corrected chi connectivity index (χ3v) is 14.1. The molecule has 2 aromatic carbocycles. The number of nitrogens with one attached hydrogen (secondary N) is 3. The van der Waals surface area contributed by atoms with Gasteiger partial charge in [0.1, 0.15) is 17.2 Å². The van der Waals surface area contributed by atoms with Crippen LogP contribution in [0.1, 0.15) is 79.9 Å². The van der Waals surface area contributed by atoms with E-state index in [2.05, 4.69) is 69.7 Å². The zero-order valence-electron chi connectivity index (χ0n) is 32.1. The molecule has 0 spiro atoms. The fraction of sp³-hybridized carbons (Fsp3) is 0.487. The smallest absolute Gasteiger partial charge is 0.408 e. The van der Waals surface area contributed by atoms with E-state index in [9.17, 15) is 13.6 Å². The number of alkyl carbamates (subject to hydrolysis) is 1. The molecule has 1 aromatic heterocycles. The fourth-order valence-corrected chi connectivity index (χ4v) is 7.94. The van der Waals surface area contributed by atoms with Gasteiger partial charge in [-0.15, -0.1) is 0 Å². The van der Waals surface area contributed by atoms with E-state index in [0.29, 0.717) is 35.1 Å². The van der Waals surface area contributed by atoms with Crippen molar-refractivity contribution in [1.82, 2.24) is 20.4 Å². The van der Waals surface area contributed by atoms with Gasteiger partial charge in [0.05, 0.1) is 27.6 Å². The van der Waals surface area contributed by atoms with Crippen LogP contribution in [0.25, 0.3) is 16.5 Å². The number of halogens is 3. The van der Waals surface area contributed by atoms with Gasteiger partial charge in [0.25, 0.3) is 0 Å². The first-order chi connectivity index (χ1) is 23.5. The lowest BCUT2D eigenvalue weighted by molar-refractivity contribution is 0.0511. The SMILES string of the molecule is CCNc1nn(C)c2c(C3=C([C@H](Cc4cc(F)cc(F)c4)NC(=O)OC(C)(C)C)NC(=CCC(C)(C)O[Si](C)(C)C(C)(C)C)C=C3)ccc(Cl)c12. The minimum atomic E-state index is -2.07. The standard InChI is InChI=1S/C39H54ClF2N5O3Si/c1-13-43-35-32-30(40)17-16-29(34(32)47(10)46-35)28-15-14-27(18-19-39(8,9)50-51(11,12)38(5,6)7)44-33(28)31(45-36(48)49-37(2,3)4)22-24-20-25(41)23-26(42)21-24/h14-18,20-21,23,31,44H,13,19,22H2,1-12H3,(H,43,46)(H,45,48)/t31-/m0/s1. The highest BCUT2D eigenvalue weighted by atomic mass is 35.5. The van der Waals surface area contributed by atoms with Crippen LogP contribution in [-0.4, -0.2) is 48.0 Å². The Bertz CT molecular complexity index is 1850. The molecular weight excluding hydrogens is 688 g/mol. The first-order valence-corrected chi connectivity index (χ1v) is 20.7. The number of benzene rings is 2. The summed E-state index contributed by atoms with van der Waals surface area (Å²) in [5.41, 5.74) is 2.84. The second kappa shape index (κ2) is 15.1. The van der Waals surface area contributed by atoms with Gasteiger partial charge < -0.3 is 25.1 Å². The predicted octanol–water partition coefficient (Wildman–Crippen LogP) is 10.0. The van der Waals surface area contributed by atoms with Gasteiger partial charge in [-0.2, -0.15) is 5.10 Å². The molecule has 12 heteroatoms. The first kappa shape index (κ1) is 40.1. The molecule has 4 rings (SSSR count). The summed E-state index contributed by atoms with van der Waals surface area (Å²) >= 11 is 6.76. The van der Waals surface area contributed by atoms with Gasteiger partial charge in [0.2, 0.25) is 0 Å². The number of ether oxygens (including phenoxy) is 1. The number of carbonyl (C=O) groups is 1. The number of aryl methyl sites for hydroxylation is 1. The Morgan fingerprint density at radius 3 is 2.29 bits per heavy atom. The molecule has 0 fully saturated rings. The Kier molecular flexibility index (Phi) is 11.9. The lowest BCUT2D eigenvalue weighted by Crippen LogP contribution is -2.47. The summed E-state index contributed by atoms with van der Waals surface area (Å²) < 4.78 is 43.2. The minimum Gasteiger partial charge on any atom is -0.444 e. The van der Waals surface area contributed by atoms with Crippen molar-refractivity contribution in [3.05, 3.63) is 87.7 Å². The maximum Gasteiger partial charge on any atom is 0.408 e. The molecular formula is C39H54ClF2N5O3Si. The molecule has 1 aliphatic heterocycles. The zero-order valence-corrected chi connectivity index (χ0v) is 33.8. The number of fused-ring (bicyclic) bond motifs is 1. The van der Waals surface area contributed by atoms with Crippen molar-refractivity contribution in [2.75, 3.05) is 11.9 Å². The molecule has 1 amide bonds. The van der Waals surface area contributed by atoms with Gasteiger partial charge in [-0.1, -0.05) is 50.6 Å². The van der Waals surface area contributed by atoms with Crippen LogP contribution >= 0.6 is 11.6 Å². The molecule has 278 valence electrons. The monoisotopic (exact) mass is 741 g/mol. The summed E-state index contributed by atoms with van der Waals surface area (Å²) in [5, 5.41) is 16.0. The van der Waals surface area contributed by atoms with Crippen LogP contribution in [0.15, 0.2) is 60.0 Å². The molecule has 1 atom stereocenters. The van der Waals surface area contributed by atoms with E-state index in [1.165, 1.54) is 12.1 Å². The molecule has 2 heterocycles. The Hall–Kier alpha value is -3.67. The first-order valence-electron chi connectivity index (χ1n) is 17.4. The number of aromatic nitrogens is 2. The molecule has 0 saturated heterocycles. The molecule has 0 aliphatic carbocycles. The summed E-state index contributed by atoms with van der Waals surface area (Å²) in [6, 6.07) is 6.31. The molecule has 51 heavy (non-hydrogen) atoms. The lowest BCUT2D eigenvalue weighted by atomic mass is 9.91. The average Bonchev–Trinajstić information content (AvgIpc) is 3.30. The molecule has 0 bridgehead atoms. The summed E-state index contributed by atoms with van der Waals surface area (Å²) in [5.74, 6) is -0.761. The number of carbonyl (C=O) groups excluding carboxylic acids is 1. The highest BCUT2D eigenvalue weighted by molar-refractivity contribution is 6.74. The second-order valence-corrected chi connectivity index (χ2v) is 21.4. The second-order valence-electron chi connectivity index (χ2n) is 16.3. The predicted molar refractivity (Wildman–Crippen MR) is 207 cm³/mol. The van der Waals surface area contributed by atoms with Crippen LogP contribution in [0, 0.1) is 11.6 Å². The quantitative estimate of drug-likeness (QED) is 0.170. The molecule has 8 nitrogen and oxygen atoms in total. The summed E-state index contributed by atoms with van der Waals surface area (Å²) in [7, 11) is -0.216. The van der Waals surface area contributed by atoms with Gasteiger partial charge in [-0.25, -0.2) is 13.6 Å². The number of rotatable bonds is 11. The van der Waals surface area contributed by atoms with Gasteiger partial charge in [-0.3, -0.25) is 4.68 Å². The summed E-state index contributed by atoms with van der Waals surface area (Å²) in [4.78, 5) is 13.4. The third kappa shape index (κ3) is 10.0. The molecule has 1 aliphatic rings. The summed E-state index contributed by atoms with van der Waals surface area (Å²) in [6.45, 7) is 23.3. The van der Waals surface area contributed by atoms with E-state index < -0.39 is 43.3 Å². The third-order valence-electron chi connectivity index (χ3n) is 9.12. The van der Waals surface area contributed by atoms with Crippen LogP contribution < -0.4 is 16.0 Å². The normalized spacial score (nSPS) is 15.7. The van der Waals surface area contributed by atoms with Crippen molar-refractivity contribution in [3.63, 3.8) is 0 Å². The number of allylic oxidation sites excluding steroid dienone is 3. The van der Waals surface area contributed by atoms with Crippen LogP contribution in [0.4, 0.5) is 19.4 Å². The molecule has 3 N–H and O–H groups in total. The summed E-state index contributed by atoms with van der Waals surface area (Å²) in [6.07, 6.45) is 6.04. The Morgan fingerprint density at radius 2 is 1.71 bits per heavy atom. The van der Waals surface area contributed by atoms with E-state index in [1.54, 1.807) is 25.5 Å². The number of dihydropyridines is 1. The minimum absolute atomic E-state index is 0.0460. The average molecular weight is 742 g/mol. The molecule has 0 radical (unpaired) electrons. The highest BCUT2D eigenvalue weighted by Gasteiger charge is 2.41. The van der Waals surface area contributed by atoms with E-state index in [0.717, 1.165) is 33.8 Å². The largest absolute Gasteiger partial charge is 0.444 e. The van der Waals surface area contributed by atoms with Crippen LogP contribution in [0.5, 0.6) is 0 Å². The van der Waals surface area contributed by atoms with E-state index in [4.69, 9.17) is 25.9 Å². The number of amides is 1. The lowest BCUT2D eigenvalue weighted by Gasteiger charge is -2.42. The van der Waals surface area contributed by atoms with Crippen LogP contribution in [0.3, 0.4) is 0 Å². The Balaban J connectivity index is 1.89. The molecule has 0 unspecified atom stereocenters. The van der Waals surface area contributed by atoms with Gasteiger partial charge in [0.15, 0.2) is 14.1 Å². The highest BCUT2D eigenvalue weighted by Crippen LogP contribution is 2.41. The zero-order chi connectivity index (χ0) is 38.1. The Labute approximate surface area is 307 Å². The van der Waals surface area contributed by atoms with E-state index in [-0.39, 0.29) is 11.5 Å². The van der Waals surface area contributed by atoms with Crippen molar-refractivity contribution in [3.8, 4) is 0 Å². The number of hydrogen-bond acceptors (Lipinski definition) is 6. The molecule has 3 aromatic rings. The van der Waals surface area contributed by atoms with Crippen LogP contribution in [0.2, 0.25) is 23.2 Å². The number of nitrogens with zero attached hydrogens (tertiary/aromatic N) is 2. The van der Waals surface area contributed by atoms with Crippen molar-refractivity contribution in [2.24, 2.45) is 7.05 Å². The van der Waals surface area contributed by atoms with E-state index >= 15 is 0 Å². The van der Waals surface area contributed by atoms with Gasteiger partial charge in [-0.05, 0) is 102 Å². The van der Waals surface area contributed by atoms with Crippen molar-refractivity contribution in [2.45, 2.75) is 111 Å². The van der Waals surface area contributed by atoms with Crippen LogP contribution in [-0.2, 0) is 22.6 Å². The van der Waals surface area contributed by atoms with Crippen molar-refractivity contribution in [1.29, 1.82) is 0 Å². The number of hydrogen-bond donors (Lipinski definition) is 3. The van der Waals surface area contributed by atoms with Crippen molar-refractivity contribution >= 4 is 48.3 Å². The van der Waals surface area contributed by atoms with Crippen molar-refractivity contribution < 1.29 is 22.7 Å². The van der Waals surface area contributed by atoms with Gasteiger partial charge in [0, 0.05) is 42.2 Å². The topological polar surface area (TPSA) is 89.4 Å². The fourth-order valence-electron chi connectivity index (χ4n) is 5.92. The van der Waals surface area contributed by atoms with E-state index in [1.807, 2.05) is 38.3 Å². The number of anilines is 1. The Morgan fingerprint density at radius 1 is 1.06 bits per heavy atom. The molecule has 0 saturated carbocycles.